The lowest BCUT2D eigenvalue weighted by molar-refractivity contribution is -0.385. The molecule has 2 N–H and O–H groups in total. The van der Waals surface area contributed by atoms with Gasteiger partial charge in [-0.1, -0.05) is 24.3 Å². The van der Waals surface area contributed by atoms with E-state index in [2.05, 4.69) is 15.8 Å². The topological polar surface area (TPSA) is 114 Å². The second kappa shape index (κ2) is 7.77. The predicted octanol–water partition coefficient (Wildman–Crippen LogP) is 3.10. The number of hydrazone groups is 1. The highest BCUT2D eigenvalue weighted by atomic mass is 16.6. The molecule has 1 aliphatic rings. The van der Waals surface area contributed by atoms with E-state index in [0.717, 1.165) is 12.8 Å². The number of para-hydroxylation sites is 1. The molecule has 1 aliphatic carbocycles. The van der Waals surface area contributed by atoms with Crippen molar-refractivity contribution in [3.8, 4) is 0 Å². The molecule has 2 aromatic carbocycles. The first-order valence-corrected chi connectivity index (χ1v) is 8.45. The zero-order chi connectivity index (χ0) is 19.4. The van der Waals surface area contributed by atoms with Gasteiger partial charge < -0.3 is 5.32 Å². The maximum absolute atomic E-state index is 12.2. The molecule has 0 radical (unpaired) electrons. The smallest absolute Gasteiger partial charge is 0.282 e. The molecule has 0 aromatic heterocycles. The Morgan fingerprint density at radius 1 is 1.15 bits per heavy atom. The molecule has 2 amide bonds. The van der Waals surface area contributed by atoms with Gasteiger partial charge in [-0.15, -0.1) is 0 Å². The molecule has 8 nitrogen and oxygen atoms in total. The Bertz CT molecular complexity index is 935. The highest BCUT2D eigenvalue weighted by Crippen LogP contribution is 2.30. The van der Waals surface area contributed by atoms with E-state index in [1.54, 1.807) is 37.3 Å². The van der Waals surface area contributed by atoms with Crippen molar-refractivity contribution in [3.63, 3.8) is 0 Å². The molecule has 1 fully saturated rings. The molecule has 0 saturated heterocycles. The summed E-state index contributed by atoms with van der Waals surface area (Å²) in [5.74, 6) is -0.560. The second-order valence-corrected chi connectivity index (χ2v) is 6.26. The molecule has 2 aromatic rings. The number of anilines is 1. The van der Waals surface area contributed by atoms with Crippen molar-refractivity contribution in [1.29, 1.82) is 0 Å². The van der Waals surface area contributed by atoms with E-state index in [1.807, 2.05) is 0 Å². The van der Waals surface area contributed by atoms with E-state index < -0.39 is 10.8 Å². The van der Waals surface area contributed by atoms with Crippen LogP contribution in [0.2, 0.25) is 0 Å². The number of hydrogen-bond donors (Lipinski definition) is 2. The van der Waals surface area contributed by atoms with Crippen LogP contribution in [-0.2, 0) is 4.79 Å². The highest BCUT2D eigenvalue weighted by Gasteiger charge is 2.29. The van der Waals surface area contributed by atoms with Gasteiger partial charge >= 0.3 is 0 Å². The second-order valence-electron chi connectivity index (χ2n) is 6.26. The number of carbonyl (C=O) groups excluding carboxylic acids is 2. The lowest BCUT2D eigenvalue weighted by Gasteiger charge is -2.07. The van der Waals surface area contributed by atoms with Gasteiger partial charge in [-0.3, -0.25) is 19.7 Å². The third kappa shape index (κ3) is 4.55. The number of amides is 2. The SMILES string of the molecule is C/C(=N/NC(=O)c1ccccc1[N+](=O)[O-])c1cccc(NC(=O)C2CC2)c1. The zero-order valence-electron chi connectivity index (χ0n) is 14.6. The van der Waals surface area contributed by atoms with Crippen LogP contribution in [0.25, 0.3) is 0 Å². The summed E-state index contributed by atoms with van der Waals surface area (Å²) in [5, 5.41) is 17.9. The van der Waals surface area contributed by atoms with Gasteiger partial charge in [0, 0.05) is 17.7 Å². The molecule has 8 heteroatoms. The summed E-state index contributed by atoms with van der Waals surface area (Å²) >= 11 is 0. The Labute approximate surface area is 155 Å². The largest absolute Gasteiger partial charge is 0.326 e. The van der Waals surface area contributed by atoms with Crippen LogP contribution in [0.1, 0.15) is 35.7 Å². The average molecular weight is 366 g/mol. The van der Waals surface area contributed by atoms with Crippen LogP contribution in [0.15, 0.2) is 53.6 Å². The Balaban J connectivity index is 1.71. The van der Waals surface area contributed by atoms with Crippen LogP contribution < -0.4 is 10.7 Å². The van der Waals surface area contributed by atoms with Crippen molar-refractivity contribution >= 4 is 28.9 Å². The lowest BCUT2D eigenvalue weighted by Crippen LogP contribution is -2.20. The van der Waals surface area contributed by atoms with E-state index >= 15 is 0 Å². The molecule has 3 rings (SSSR count). The van der Waals surface area contributed by atoms with Gasteiger partial charge in [-0.05, 0) is 43.5 Å². The van der Waals surface area contributed by atoms with Gasteiger partial charge in [0.25, 0.3) is 11.6 Å². The van der Waals surface area contributed by atoms with E-state index in [4.69, 9.17) is 0 Å². The summed E-state index contributed by atoms with van der Waals surface area (Å²) in [6.07, 6.45) is 1.84. The monoisotopic (exact) mass is 366 g/mol. The van der Waals surface area contributed by atoms with Crippen LogP contribution in [0.5, 0.6) is 0 Å². The van der Waals surface area contributed by atoms with Gasteiger partial charge in [-0.25, -0.2) is 5.43 Å². The maximum atomic E-state index is 12.2. The van der Waals surface area contributed by atoms with Crippen LogP contribution in [-0.4, -0.2) is 22.4 Å². The fraction of sp³-hybridized carbons (Fsp3) is 0.211. The van der Waals surface area contributed by atoms with Crippen LogP contribution in [0, 0.1) is 16.0 Å². The van der Waals surface area contributed by atoms with Gasteiger partial charge in [0.1, 0.15) is 5.56 Å². The Hall–Kier alpha value is -3.55. The molecule has 0 unspecified atom stereocenters. The fourth-order valence-corrected chi connectivity index (χ4v) is 2.50. The fourth-order valence-electron chi connectivity index (χ4n) is 2.50. The first-order valence-electron chi connectivity index (χ1n) is 8.45. The summed E-state index contributed by atoms with van der Waals surface area (Å²) in [6.45, 7) is 1.70. The molecule has 138 valence electrons. The van der Waals surface area contributed by atoms with Crippen molar-refractivity contribution in [2.75, 3.05) is 5.32 Å². The minimum absolute atomic E-state index is 0.00596. The summed E-state index contributed by atoms with van der Waals surface area (Å²) in [4.78, 5) is 34.5. The van der Waals surface area contributed by atoms with Crippen molar-refractivity contribution in [1.82, 2.24) is 5.43 Å². The van der Waals surface area contributed by atoms with Crippen LogP contribution in [0.3, 0.4) is 0 Å². The predicted molar refractivity (Wildman–Crippen MR) is 101 cm³/mol. The Morgan fingerprint density at radius 2 is 1.89 bits per heavy atom. The molecule has 1 saturated carbocycles. The maximum Gasteiger partial charge on any atom is 0.282 e. The quantitative estimate of drug-likeness (QED) is 0.464. The molecule has 0 bridgehead atoms. The first-order chi connectivity index (χ1) is 13.0. The van der Waals surface area contributed by atoms with Gasteiger partial charge in [0.2, 0.25) is 5.91 Å². The van der Waals surface area contributed by atoms with E-state index in [9.17, 15) is 19.7 Å². The number of carbonyl (C=O) groups is 2. The molecule has 0 aliphatic heterocycles. The van der Waals surface area contributed by atoms with E-state index in [1.165, 1.54) is 18.2 Å². The summed E-state index contributed by atoms with van der Waals surface area (Å²) < 4.78 is 0. The van der Waals surface area contributed by atoms with Gasteiger partial charge in [0.05, 0.1) is 10.6 Å². The van der Waals surface area contributed by atoms with Gasteiger partial charge in [-0.2, -0.15) is 5.10 Å². The molecule has 27 heavy (non-hydrogen) atoms. The van der Waals surface area contributed by atoms with Gasteiger partial charge in [0.15, 0.2) is 0 Å². The Kier molecular flexibility index (Phi) is 5.25. The van der Waals surface area contributed by atoms with E-state index in [0.29, 0.717) is 17.0 Å². The highest BCUT2D eigenvalue weighted by molar-refractivity contribution is 6.03. The number of benzene rings is 2. The summed E-state index contributed by atoms with van der Waals surface area (Å²) in [6, 6.07) is 12.8. The molecule has 0 heterocycles. The molecule has 0 atom stereocenters. The normalized spacial score (nSPS) is 13.7. The van der Waals surface area contributed by atoms with Crippen molar-refractivity contribution in [2.24, 2.45) is 11.0 Å². The van der Waals surface area contributed by atoms with Crippen molar-refractivity contribution in [2.45, 2.75) is 19.8 Å². The number of nitro benzene ring substituents is 1. The number of rotatable bonds is 6. The van der Waals surface area contributed by atoms with Crippen LogP contribution >= 0.6 is 0 Å². The Morgan fingerprint density at radius 3 is 2.59 bits per heavy atom. The number of nitrogens with zero attached hydrogens (tertiary/aromatic N) is 2. The van der Waals surface area contributed by atoms with E-state index in [-0.39, 0.29) is 23.1 Å². The third-order valence-corrected chi connectivity index (χ3v) is 4.17. The zero-order valence-corrected chi connectivity index (χ0v) is 14.6. The number of nitro groups is 1. The molecular formula is C19H18N4O4. The third-order valence-electron chi connectivity index (χ3n) is 4.17. The van der Waals surface area contributed by atoms with Crippen molar-refractivity contribution in [3.05, 3.63) is 69.8 Å². The molecule has 0 spiro atoms. The minimum Gasteiger partial charge on any atom is -0.326 e. The van der Waals surface area contributed by atoms with Crippen LogP contribution in [0.4, 0.5) is 11.4 Å². The average Bonchev–Trinajstić information content (AvgIpc) is 3.51. The lowest BCUT2D eigenvalue weighted by atomic mass is 10.1. The standard InChI is InChI=1S/C19H18N4O4/c1-12(14-5-4-6-15(11-14)20-18(24)13-9-10-13)21-22-19(25)16-7-2-3-8-17(16)23(26)27/h2-8,11,13H,9-10H2,1H3,(H,20,24)(H,22,25)/b21-12-. The number of nitrogens with one attached hydrogen (secondary N) is 2. The number of hydrogen-bond acceptors (Lipinski definition) is 5. The molecular weight excluding hydrogens is 348 g/mol. The minimum atomic E-state index is -0.667. The summed E-state index contributed by atoms with van der Waals surface area (Å²) in [5.41, 5.74) is 3.86. The van der Waals surface area contributed by atoms with Crippen molar-refractivity contribution < 1.29 is 14.5 Å². The first kappa shape index (κ1) is 18.2. The summed E-state index contributed by atoms with van der Waals surface area (Å²) in [7, 11) is 0.